The molecule has 0 saturated carbocycles. The Bertz CT molecular complexity index is 721. The van der Waals surface area contributed by atoms with Crippen molar-refractivity contribution in [3.8, 4) is 0 Å². The molecule has 1 aliphatic rings. The zero-order chi connectivity index (χ0) is 18.9. The van der Waals surface area contributed by atoms with Crippen molar-refractivity contribution in [1.82, 2.24) is 5.32 Å². The molecule has 2 aromatic carbocycles. The number of benzene rings is 2. The van der Waals surface area contributed by atoms with Gasteiger partial charge in [-0.1, -0.05) is 49.7 Å². The fraction of sp³-hybridized carbons (Fsp3) is 0.435. The summed E-state index contributed by atoms with van der Waals surface area (Å²) in [5, 5.41) is 3.08. The van der Waals surface area contributed by atoms with E-state index in [1.54, 1.807) is 4.90 Å². The molecule has 3 rings (SSSR count). The average molecular weight is 368 g/mol. The van der Waals surface area contributed by atoms with Gasteiger partial charge in [0.1, 0.15) is 19.6 Å². The van der Waals surface area contributed by atoms with Crippen molar-refractivity contribution in [1.29, 1.82) is 0 Å². The first-order valence-electron chi connectivity index (χ1n) is 10.1. The molecule has 4 heteroatoms. The summed E-state index contributed by atoms with van der Waals surface area (Å²) < 4.78 is 5.45. The zero-order valence-corrected chi connectivity index (χ0v) is 16.3. The molecule has 0 bridgehead atoms. The molecule has 1 aliphatic heterocycles. The lowest BCUT2D eigenvalue weighted by molar-refractivity contribution is -0.921. The lowest BCUT2D eigenvalue weighted by Crippen LogP contribution is -3.12. The van der Waals surface area contributed by atoms with Gasteiger partial charge in [0.2, 0.25) is 0 Å². The number of hydrogen-bond donors (Lipinski definition) is 2. The van der Waals surface area contributed by atoms with Crippen molar-refractivity contribution in [3.63, 3.8) is 0 Å². The molecule has 1 amide bonds. The summed E-state index contributed by atoms with van der Waals surface area (Å²) in [7, 11) is 0. The van der Waals surface area contributed by atoms with E-state index < -0.39 is 0 Å². The quantitative estimate of drug-likeness (QED) is 0.752. The molecule has 1 fully saturated rings. The number of rotatable bonds is 8. The number of aryl methyl sites for hydroxylation is 1. The van der Waals surface area contributed by atoms with Gasteiger partial charge in [-0.05, 0) is 36.1 Å². The Kier molecular flexibility index (Phi) is 7.43. The molecule has 0 aromatic heterocycles. The molecule has 144 valence electrons. The Morgan fingerprint density at radius 2 is 1.74 bits per heavy atom. The number of carbonyl (C=O) groups is 1. The molecule has 2 N–H and O–H groups in total. The Balaban J connectivity index is 1.56. The molecule has 4 nitrogen and oxygen atoms in total. The minimum atomic E-state index is -0.00874. The Morgan fingerprint density at radius 1 is 1.04 bits per heavy atom. The topological polar surface area (TPSA) is 42.8 Å². The zero-order valence-electron chi connectivity index (χ0n) is 16.3. The molecular weight excluding hydrogens is 336 g/mol. The summed E-state index contributed by atoms with van der Waals surface area (Å²) in [6, 6.07) is 16.4. The number of amides is 1. The molecule has 2 aromatic rings. The smallest absolute Gasteiger partial charge is 0.251 e. The highest BCUT2D eigenvalue weighted by Crippen LogP contribution is 2.10. The minimum Gasteiger partial charge on any atom is -0.370 e. The highest BCUT2D eigenvalue weighted by Gasteiger charge is 2.16. The van der Waals surface area contributed by atoms with E-state index >= 15 is 0 Å². The molecule has 27 heavy (non-hydrogen) atoms. The van der Waals surface area contributed by atoms with Gasteiger partial charge in [-0.2, -0.15) is 0 Å². The SMILES string of the molecule is CCCCc1ccc(C(=O)NCc2ccccc2C[NH+]2CCOCC2)cc1. The lowest BCUT2D eigenvalue weighted by atomic mass is 10.1. The van der Waals surface area contributed by atoms with Gasteiger partial charge >= 0.3 is 0 Å². The standard InChI is InChI=1S/C23H30N2O2/c1-2-3-6-19-9-11-20(12-10-19)23(26)24-17-21-7-4-5-8-22(21)18-25-13-15-27-16-14-25/h4-5,7-12H,2-3,6,13-18H2,1H3,(H,24,26)/p+1. The van der Waals surface area contributed by atoms with E-state index in [2.05, 4.69) is 42.6 Å². The van der Waals surface area contributed by atoms with Gasteiger partial charge < -0.3 is 15.0 Å². The third kappa shape index (κ3) is 5.91. The van der Waals surface area contributed by atoms with E-state index in [4.69, 9.17) is 4.74 Å². The van der Waals surface area contributed by atoms with Gasteiger partial charge in [-0.15, -0.1) is 0 Å². The molecule has 0 aliphatic carbocycles. The van der Waals surface area contributed by atoms with Crippen LogP contribution in [-0.4, -0.2) is 32.2 Å². The Hall–Kier alpha value is -2.17. The second kappa shape index (κ2) is 10.2. The van der Waals surface area contributed by atoms with Gasteiger partial charge in [0.15, 0.2) is 0 Å². The maximum absolute atomic E-state index is 12.5. The first-order chi connectivity index (χ1) is 13.3. The Morgan fingerprint density at radius 3 is 2.44 bits per heavy atom. The van der Waals surface area contributed by atoms with Crippen LogP contribution in [0.3, 0.4) is 0 Å². The summed E-state index contributed by atoms with van der Waals surface area (Å²) in [5.41, 5.74) is 4.53. The number of morpholine rings is 1. The highest BCUT2D eigenvalue weighted by atomic mass is 16.5. The summed E-state index contributed by atoms with van der Waals surface area (Å²) in [5.74, 6) is -0.00874. The van der Waals surface area contributed by atoms with Crippen LogP contribution in [0.15, 0.2) is 48.5 Å². The third-order valence-electron chi connectivity index (χ3n) is 5.23. The summed E-state index contributed by atoms with van der Waals surface area (Å²) in [6.07, 6.45) is 3.46. The molecule has 0 spiro atoms. The van der Waals surface area contributed by atoms with E-state index in [1.165, 1.54) is 29.5 Å². The fourth-order valence-corrected chi connectivity index (χ4v) is 3.49. The van der Waals surface area contributed by atoms with E-state index in [-0.39, 0.29) is 5.91 Å². The molecule has 1 saturated heterocycles. The predicted octanol–water partition coefficient (Wildman–Crippen LogP) is 2.37. The monoisotopic (exact) mass is 367 g/mol. The second-order valence-corrected chi connectivity index (χ2v) is 7.29. The number of hydrogen-bond acceptors (Lipinski definition) is 2. The lowest BCUT2D eigenvalue weighted by Gasteiger charge is -2.24. The van der Waals surface area contributed by atoms with Gasteiger partial charge in [-0.25, -0.2) is 0 Å². The molecule has 0 radical (unpaired) electrons. The van der Waals surface area contributed by atoms with Crippen LogP contribution in [-0.2, 0) is 24.2 Å². The number of quaternary nitrogens is 1. The van der Waals surface area contributed by atoms with Gasteiger partial charge in [0.25, 0.3) is 5.91 Å². The van der Waals surface area contributed by atoms with E-state index in [0.29, 0.717) is 6.54 Å². The van der Waals surface area contributed by atoms with Crippen molar-refractivity contribution in [2.45, 2.75) is 39.3 Å². The van der Waals surface area contributed by atoms with Gasteiger partial charge in [-0.3, -0.25) is 4.79 Å². The maximum Gasteiger partial charge on any atom is 0.251 e. The number of nitrogens with one attached hydrogen (secondary N) is 2. The van der Waals surface area contributed by atoms with Crippen molar-refractivity contribution in [2.24, 2.45) is 0 Å². The van der Waals surface area contributed by atoms with Crippen LogP contribution in [0, 0.1) is 0 Å². The van der Waals surface area contributed by atoms with Crippen molar-refractivity contribution in [2.75, 3.05) is 26.3 Å². The summed E-state index contributed by atoms with van der Waals surface area (Å²) >= 11 is 0. The number of unbranched alkanes of at least 4 members (excludes halogenated alkanes) is 1. The second-order valence-electron chi connectivity index (χ2n) is 7.29. The minimum absolute atomic E-state index is 0.00874. The maximum atomic E-state index is 12.5. The first kappa shape index (κ1) is 19.6. The fourth-order valence-electron chi connectivity index (χ4n) is 3.49. The van der Waals surface area contributed by atoms with Crippen LogP contribution in [0.25, 0.3) is 0 Å². The van der Waals surface area contributed by atoms with Crippen LogP contribution in [0.2, 0.25) is 0 Å². The molecular formula is C23H31N2O2+. The predicted molar refractivity (Wildman–Crippen MR) is 108 cm³/mol. The summed E-state index contributed by atoms with van der Waals surface area (Å²) in [6.45, 7) is 7.51. The molecule has 0 atom stereocenters. The molecule has 1 heterocycles. The van der Waals surface area contributed by atoms with E-state index in [9.17, 15) is 4.79 Å². The molecule has 0 unspecified atom stereocenters. The normalized spacial score (nSPS) is 14.9. The van der Waals surface area contributed by atoms with Crippen molar-refractivity contribution >= 4 is 5.91 Å². The van der Waals surface area contributed by atoms with E-state index in [1.807, 2.05) is 18.2 Å². The van der Waals surface area contributed by atoms with Crippen molar-refractivity contribution in [3.05, 3.63) is 70.8 Å². The van der Waals surface area contributed by atoms with Crippen LogP contribution in [0.5, 0.6) is 0 Å². The Labute approximate surface area is 162 Å². The van der Waals surface area contributed by atoms with Crippen LogP contribution >= 0.6 is 0 Å². The largest absolute Gasteiger partial charge is 0.370 e. The average Bonchev–Trinajstić information content (AvgIpc) is 2.72. The highest BCUT2D eigenvalue weighted by molar-refractivity contribution is 5.94. The van der Waals surface area contributed by atoms with Crippen LogP contribution in [0.4, 0.5) is 0 Å². The third-order valence-corrected chi connectivity index (χ3v) is 5.23. The number of ether oxygens (including phenoxy) is 1. The van der Waals surface area contributed by atoms with E-state index in [0.717, 1.165) is 44.8 Å². The first-order valence-corrected chi connectivity index (χ1v) is 10.1. The van der Waals surface area contributed by atoms with Crippen molar-refractivity contribution < 1.29 is 14.4 Å². The van der Waals surface area contributed by atoms with Crippen LogP contribution in [0.1, 0.15) is 46.8 Å². The number of carbonyl (C=O) groups excluding carboxylic acids is 1. The van der Waals surface area contributed by atoms with Gasteiger partial charge in [0.05, 0.1) is 13.2 Å². The summed E-state index contributed by atoms with van der Waals surface area (Å²) in [4.78, 5) is 14.1. The van der Waals surface area contributed by atoms with Gasteiger partial charge in [0, 0.05) is 17.7 Å². The van der Waals surface area contributed by atoms with Crippen LogP contribution < -0.4 is 10.2 Å².